The van der Waals surface area contributed by atoms with Gasteiger partial charge in [0.25, 0.3) is 5.91 Å². The fourth-order valence-corrected chi connectivity index (χ4v) is 2.70. The second-order valence-electron chi connectivity index (χ2n) is 5.46. The first kappa shape index (κ1) is 15.6. The highest BCUT2D eigenvalue weighted by atomic mass is 32.2. The second-order valence-corrected chi connectivity index (χ2v) is 7.02. The molecular weight excluding hydrogens is 316 g/mol. The van der Waals surface area contributed by atoms with E-state index in [-0.39, 0.29) is 17.3 Å². The molecule has 1 heterocycles. The molecule has 120 valence electrons. The molecule has 8 heteroatoms. The van der Waals surface area contributed by atoms with Gasteiger partial charge in [-0.1, -0.05) is 0 Å². The van der Waals surface area contributed by atoms with Gasteiger partial charge in [0.15, 0.2) is 0 Å². The predicted octanol–water partition coefficient (Wildman–Crippen LogP) is 0.931. The molecular formula is C15H16N4O3S. The van der Waals surface area contributed by atoms with E-state index in [9.17, 15) is 13.2 Å². The number of sulfonamides is 1. The molecule has 1 aromatic carbocycles. The highest BCUT2D eigenvalue weighted by Gasteiger charge is 2.25. The summed E-state index contributed by atoms with van der Waals surface area (Å²) in [5.41, 5.74) is 2.12. The standard InChI is InChI=1S/C15H16N4O3S/c16-23(21,22)13-5-3-11(4-6-13)15(20)17-8-12-7-14(10-1-2-10)19-9-18-12/h3-7,9-10H,1-2,8H2,(H,17,20)(H2,16,21,22). The molecule has 3 N–H and O–H groups in total. The van der Waals surface area contributed by atoms with Crippen molar-refractivity contribution in [2.24, 2.45) is 5.14 Å². The van der Waals surface area contributed by atoms with Gasteiger partial charge < -0.3 is 5.32 Å². The van der Waals surface area contributed by atoms with Crippen LogP contribution in [-0.2, 0) is 16.6 Å². The zero-order valence-corrected chi connectivity index (χ0v) is 13.1. The number of aromatic nitrogens is 2. The van der Waals surface area contributed by atoms with Crippen LogP contribution in [0.5, 0.6) is 0 Å². The van der Waals surface area contributed by atoms with Gasteiger partial charge >= 0.3 is 0 Å². The second kappa shape index (κ2) is 6.05. The first-order valence-corrected chi connectivity index (χ1v) is 8.70. The van der Waals surface area contributed by atoms with E-state index >= 15 is 0 Å². The summed E-state index contributed by atoms with van der Waals surface area (Å²) in [5, 5.41) is 7.77. The van der Waals surface area contributed by atoms with Crippen molar-refractivity contribution in [2.45, 2.75) is 30.2 Å². The summed E-state index contributed by atoms with van der Waals surface area (Å²) in [4.78, 5) is 20.4. The molecule has 2 aromatic rings. The Kier molecular flexibility index (Phi) is 4.10. The Balaban J connectivity index is 1.64. The molecule has 7 nitrogen and oxygen atoms in total. The zero-order valence-electron chi connectivity index (χ0n) is 12.3. The fraction of sp³-hybridized carbons (Fsp3) is 0.267. The maximum Gasteiger partial charge on any atom is 0.251 e. The minimum atomic E-state index is -3.76. The van der Waals surface area contributed by atoms with E-state index in [0.29, 0.717) is 11.5 Å². The Morgan fingerprint density at radius 1 is 1.22 bits per heavy atom. The molecule has 0 unspecified atom stereocenters. The average molecular weight is 332 g/mol. The maximum absolute atomic E-state index is 12.1. The summed E-state index contributed by atoms with van der Waals surface area (Å²) in [5.74, 6) is 0.218. The maximum atomic E-state index is 12.1. The van der Waals surface area contributed by atoms with E-state index in [0.717, 1.165) is 24.2 Å². The van der Waals surface area contributed by atoms with Crippen LogP contribution >= 0.6 is 0 Å². The SMILES string of the molecule is NS(=O)(=O)c1ccc(C(=O)NCc2cc(C3CC3)ncn2)cc1. The number of nitrogens with zero attached hydrogens (tertiary/aromatic N) is 2. The number of primary sulfonamides is 1. The van der Waals surface area contributed by atoms with E-state index in [1.165, 1.54) is 30.6 Å². The minimum absolute atomic E-state index is 0.0288. The zero-order chi connectivity index (χ0) is 16.4. The molecule has 0 saturated heterocycles. The number of nitrogens with two attached hydrogens (primary N) is 1. The number of nitrogens with one attached hydrogen (secondary N) is 1. The topological polar surface area (TPSA) is 115 Å². The Morgan fingerprint density at radius 2 is 1.91 bits per heavy atom. The fourth-order valence-electron chi connectivity index (χ4n) is 2.18. The molecule has 3 rings (SSSR count). The largest absolute Gasteiger partial charge is 0.346 e. The summed E-state index contributed by atoms with van der Waals surface area (Å²) < 4.78 is 22.4. The molecule has 1 saturated carbocycles. The van der Waals surface area contributed by atoms with Crippen molar-refractivity contribution in [2.75, 3.05) is 0 Å². The normalized spacial score (nSPS) is 14.5. The van der Waals surface area contributed by atoms with Gasteiger partial charge in [0.1, 0.15) is 6.33 Å². The first-order chi connectivity index (χ1) is 10.9. The number of benzene rings is 1. The molecule has 0 bridgehead atoms. The lowest BCUT2D eigenvalue weighted by molar-refractivity contribution is 0.0950. The summed E-state index contributed by atoms with van der Waals surface area (Å²) in [6, 6.07) is 7.36. The van der Waals surface area contributed by atoms with Gasteiger partial charge in [-0.3, -0.25) is 4.79 Å². The van der Waals surface area contributed by atoms with Gasteiger partial charge in [-0.2, -0.15) is 0 Å². The van der Waals surface area contributed by atoms with Crippen molar-refractivity contribution in [1.82, 2.24) is 15.3 Å². The van der Waals surface area contributed by atoms with Crippen molar-refractivity contribution in [1.29, 1.82) is 0 Å². The molecule has 1 fully saturated rings. The smallest absolute Gasteiger partial charge is 0.251 e. The molecule has 1 aromatic heterocycles. The van der Waals surface area contributed by atoms with Crippen LogP contribution in [0.4, 0.5) is 0 Å². The van der Waals surface area contributed by atoms with E-state index in [2.05, 4.69) is 15.3 Å². The third-order valence-electron chi connectivity index (χ3n) is 3.62. The molecule has 1 aliphatic rings. The number of carbonyl (C=O) groups is 1. The first-order valence-electron chi connectivity index (χ1n) is 7.15. The van der Waals surface area contributed by atoms with Gasteiger partial charge in [0.2, 0.25) is 10.0 Å². The van der Waals surface area contributed by atoms with Crippen molar-refractivity contribution in [3.8, 4) is 0 Å². The monoisotopic (exact) mass is 332 g/mol. The van der Waals surface area contributed by atoms with Crippen LogP contribution in [0.1, 0.15) is 40.5 Å². The van der Waals surface area contributed by atoms with Crippen LogP contribution in [0.25, 0.3) is 0 Å². The predicted molar refractivity (Wildman–Crippen MR) is 83.0 cm³/mol. The quantitative estimate of drug-likeness (QED) is 0.845. The van der Waals surface area contributed by atoms with Gasteiger partial charge in [-0.25, -0.2) is 23.5 Å². The molecule has 23 heavy (non-hydrogen) atoms. The third-order valence-corrected chi connectivity index (χ3v) is 4.54. The number of hydrogen-bond acceptors (Lipinski definition) is 5. The number of amides is 1. The Bertz CT molecular complexity index is 830. The van der Waals surface area contributed by atoms with Crippen LogP contribution in [0, 0.1) is 0 Å². The van der Waals surface area contributed by atoms with Gasteiger partial charge in [0, 0.05) is 17.2 Å². The van der Waals surface area contributed by atoms with Gasteiger partial charge in [0.05, 0.1) is 17.1 Å². The third kappa shape index (κ3) is 3.91. The van der Waals surface area contributed by atoms with E-state index in [1.807, 2.05) is 6.07 Å². The Hall–Kier alpha value is -2.32. The molecule has 1 amide bonds. The van der Waals surface area contributed by atoms with E-state index in [4.69, 9.17) is 5.14 Å². The van der Waals surface area contributed by atoms with Crippen molar-refractivity contribution >= 4 is 15.9 Å². The lowest BCUT2D eigenvalue weighted by atomic mass is 10.2. The van der Waals surface area contributed by atoms with Crippen LogP contribution in [0.3, 0.4) is 0 Å². The van der Waals surface area contributed by atoms with E-state index < -0.39 is 10.0 Å². The van der Waals surface area contributed by atoms with Crippen molar-refractivity contribution < 1.29 is 13.2 Å². The average Bonchev–Trinajstić information content (AvgIpc) is 3.37. The van der Waals surface area contributed by atoms with Crippen molar-refractivity contribution in [3.63, 3.8) is 0 Å². The Labute approximate surface area is 134 Å². The minimum Gasteiger partial charge on any atom is -0.346 e. The number of rotatable bonds is 5. The molecule has 0 radical (unpaired) electrons. The van der Waals surface area contributed by atoms with Crippen LogP contribution in [-0.4, -0.2) is 24.3 Å². The summed E-state index contributed by atoms with van der Waals surface area (Å²) in [6.45, 7) is 0.290. The van der Waals surface area contributed by atoms with Crippen LogP contribution < -0.4 is 10.5 Å². The molecule has 0 atom stereocenters. The van der Waals surface area contributed by atoms with E-state index in [1.54, 1.807) is 0 Å². The Morgan fingerprint density at radius 3 is 2.52 bits per heavy atom. The van der Waals surface area contributed by atoms with Crippen LogP contribution in [0.2, 0.25) is 0 Å². The number of carbonyl (C=O) groups excluding carboxylic acids is 1. The summed E-state index contributed by atoms with van der Waals surface area (Å²) in [6.07, 6.45) is 3.81. The van der Waals surface area contributed by atoms with Crippen LogP contribution in [0.15, 0.2) is 41.6 Å². The molecule has 0 aliphatic heterocycles. The van der Waals surface area contributed by atoms with Gasteiger partial charge in [-0.05, 0) is 43.2 Å². The van der Waals surface area contributed by atoms with Gasteiger partial charge in [-0.15, -0.1) is 0 Å². The highest BCUT2D eigenvalue weighted by Crippen LogP contribution is 2.38. The lowest BCUT2D eigenvalue weighted by Crippen LogP contribution is -2.23. The summed E-state index contributed by atoms with van der Waals surface area (Å²) >= 11 is 0. The lowest BCUT2D eigenvalue weighted by Gasteiger charge is -2.06. The highest BCUT2D eigenvalue weighted by molar-refractivity contribution is 7.89. The number of hydrogen-bond donors (Lipinski definition) is 2. The molecule has 0 spiro atoms. The molecule has 1 aliphatic carbocycles. The summed E-state index contributed by atoms with van der Waals surface area (Å²) in [7, 11) is -3.76. The van der Waals surface area contributed by atoms with Crippen molar-refractivity contribution in [3.05, 3.63) is 53.6 Å².